The van der Waals surface area contributed by atoms with Crippen LogP contribution in [0.4, 0.5) is 4.39 Å². The predicted octanol–water partition coefficient (Wildman–Crippen LogP) is -1.38. The molecule has 1 amide bonds. The van der Waals surface area contributed by atoms with Gasteiger partial charge in [0.1, 0.15) is 6.17 Å². The summed E-state index contributed by atoms with van der Waals surface area (Å²) in [6.45, 7) is 12.7. The molecule has 1 rings (SSSR count). The summed E-state index contributed by atoms with van der Waals surface area (Å²) in [7, 11) is 0. The molecular formula is C21H44FN5O6. The normalized spacial score (nSPS) is 16.2. The van der Waals surface area contributed by atoms with Crippen molar-refractivity contribution in [2.45, 2.75) is 13.1 Å². The van der Waals surface area contributed by atoms with Gasteiger partial charge in [-0.05, 0) is 0 Å². The minimum absolute atomic E-state index is 0.00110. The number of amides is 1. The van der Waals surface area contributed by atoms with Crippen LogP contribution in [0.25, 0.3) is 0 Å². The van der Waals surface area contributed by atoms with Gasteiger partial charge in [0, 0.05) is 52.7 Å². The Morgan fingerprint density at radius 3 is 1.76 bits per heavy atom. The third-order valence-corrected chi connectivity index (χ3v) is 4.95. The van der Waals surface area contributed by atoms with E-state index >= 15 is 0 Å². The molecule has 0 aromatic heterocycles. The first-order valence-corrected chi connectivity index (χ1v) is 11.8. The van der Waals surface area contributed by atoms with Crippen molar-refractivity contribution in [3.05, 3.63) is 0 Å². The van der Waals surface area contributed by atoms with Gasteiger partial charge in [-0.3, -0.25) is 25.9 Å². The first kappa shape index (κ1) is 30.1. The third-order valence-electron chi connectivity index (χ3n) is 4.95. The second-order valence-corrected chi connectivity index (χ2v) is 7.70. The Hall–Kier alpha value is -0.960. The molecule has 12 heteroatoms. The van der Waals surface area contributed by atoms with Crippen molar-refractivity contribution < 1.29 is 32.9 Å². The molecule has 0 aromatic carbocycles. The zero-order chi connectivity index (χ0) is 24.0. The van der Waals surface area contributed by atoms with E-state index in [1.165, 1.54) is 6.92 Å². The summed E-state index contributed by atoms with van der Waals surface area (Å²) >= 11 is 0. The summed E-state index contributed by atoms with van der Waals surface area (Å²) in [4.78, 5) is 15.4. The smallest absolute Gasteiger partial charge is 0.216 e. The van der Waals surface area contributed by atoms with Gasteiger partial charge in [-0.1, -0.05) is 0 Å². The van der Waals surface area contributed by atoms with Gasteiger partial charge in [0.25, 0.3) is 0 Å². The number of halogens is 1. The number of ether oxygens (including phenoxy) is 5. The summed E-state index contributed by atoms with van der Waals surface area (Å²) in [6.07, 6.45) is -1.17. The molecule has 1 unspecified atom stereocenters. The van der Waals surface area contributed by atoms with Crippen LogP contribution in [0.15, 0.2) is 0 Å². The van der Waals surface area contributed by atoms with Gasteiger partial charge in [0.15, 0.2) is 0 Å². The van der Waals surface area contributed by atoms with E-state index in [0.29, 0.717) is 66.0 Å². The molecule has 0 saturated carbocycles. The lowest BCUT2D eigenvalue weighted by atomic mass is 10.3. The molecule has 1 atom stereocenters. The first-order chi connectivity index (χ1) is 16.1. The first-order valence-electron chi connectivity index (χ1n) is 11.8. The molecule has 11 nitrogen and oxygen atoms in total. The summed E-state index contributed by atoms with van der Waals surface area (Å²) in [5, 5.41) is 2.45. The molecule has 0 bridgehead atoms. The van der Waals surface area contributed by atoms with Crippen LogP contribution in [-0.2, 0) is 28.5 Å². The van der Waals surface area contributed by atoms with Gasteiger partial charge in [0.2, 0.25) is 5.91 Å². The number of nitrogens with two attached hydrogens (primary N) is 1. The largest absolute Gasteiger partial charge is 0.378 e. The van der Waals surface area contributed by atoms with Gasteiger partial charge in [-0.15, -0.1) is 0 Å². The van der Waals surface area contributed by atoms with Crippen molar-refractivity contribution in [2.75, 3.05) is 118 Å². The average molecular weight is 482 g/mol. The molecule has 1 aliphatic rings. The highest BCUT2D eigenvalue weighted by Crippen LogP contribution is 2.01. The molecule has 4 N–H and O–H groups in total. The Balaban J connectivity index is 1.82. The quantitative estimate of drug-likeness (QED) is 0.0970. The van der Waals surface area contributed by atoms with E-state index < -0.39 is 6.17 Å². The summed E-state index contributed by atoms with van der Waals surface area (Å²) in [5.74, 6) is 4.91. The Kier molecular flexibility index (Phi) is 19.7. The summed E-state index contributed by atoms with van der Waals surface area (Å²) in [5.41, 5.74) is 2.52. The van der Waals surface area contributed by atoms with E-state index in [1.54, 1.807) is 0 Å². The van der Waals surface area contributed by atoms with Crippen LogP contribution in [0.1, 0.15) is 6.92 Å². The number of piperazine rings is 1. The number of carbonyl (C=O) groups excluding carboxylic acids is 1. The average Bonchev–Trinajstić information content (AvgIpc) is 2.81. The van der Waals surface area contributed by atoms with E-state index in [2.05, 4.69) is 20.5 Å². The third kappa shape index (κ3) is 19.1. The molecule has 33 heavy (non-hydrogen) atoms. The van der Waals surface area contributed by atoms with Crippen molar-refractivity contribution in [1.82, 2.24) is 20.5 Å². The highest BCUT2D eigenvalue weighted by molar-refractivity contribution is 5.72. The van der Waals surface area contributed by atoms with Crippen LogP contribution in [-0.4, -0.2) is 140 Å². The zero-order valence-corrected chi connectivity index (χ0v) is 20.1. The van der Waals surface area contributed by atoms with Gasteiger partial charge in [0.05, 0.1) is 72.6 Å². The van der Waals surface area contributed by atoms with Crippen molar-refractivity contribution in [3.8, 4) is 0 Å². The van der Waals surface area contributed by atoms with E-state index in [4.69, 9.17) is 29.5 Å². The van der Waals surface area contributed by atoms with Crippen molar-refractivity contribution in [3.63, 3.8) is 0 Å². The fourth-order valence-electron chi connectivity index (χ4n) is 3.04. The van der Waals surface area contributed by atoms with Crippen molar-refractivity contribution in [1.29, 1.82) is 0 Å². The SMILES string of the molecule is CC(=O)NCC(F)COCCN1CCN(CCOCCOCCOCCOCCNN)CC1. The topological polar surface area (TPSA) is 120 Å². The molecule has 1 fully saturated rings. The lowest BCUT2D eigenvalue weighted by Gasteiger charge is -2.34. The van der Waals surface area contributed by atoms with Gasteiger partial charge >= 0.3 is 0 Å². The van der Waals surface area contributed by atoms with E-state index in [1.807, 2.05) is 0 Å². The van der Waals surface area contributed by atoms with Crippen LogP contribution in [0, 0.1) is 0 Å². The maximum Gasteiger partial charge on any atom is 0.216 e. The predicted molar refractivity (Wildman–Crippen MR) is 123 cm³/mol. The van der Waals surface area contributed by atoms with Crippen LogP contribution < -0.4 is 16.6 Å². The Labute approximate surface area is 197 Å². The van der Waals surface area contributed by atoms with Gasteiger partial charge in [-0.25, -0.2) is 4.39 Å². The fourth-order valence-corrected chi connectivity index (χ4v) is 3.04. The zero-order valence-electron chi connectivity index (χ0n) is 20.1. The number of rotatable bonds is 22. The molecule has 196 valence electrons. The number of nitrogens with one attached hydrogen (secondary N) is 2. The van der Waals surface area contributed by atoms with Crippen molar-refractivity contribution in [2.24, 2.45) is 5.84 Å². The number of nitrogens with zero attached hydrogens (tertiary/aromatic N) is 2. The lowest BCUT2D eigenvalue weighted by molar-refractivity contribution is -0.119. The number of carbonyl (C=O) groups is 1. The maximum atomic E-state index is 13.5. The Morgan fingerprint density at radius 1 is 0.818 bits per heavy atom. The van der Waals surface area contributed by atoms with Crippen LogP contribution in [0.5, 0.6) is 0 Å². The maximum absolute atomic E-state index is 13.5. The molecule has 1 saturated heterocycles. The highest BCUT2D eigenvalue weighted by atomic mass is 19.1. The van der Waals surface area contributed by atoms with Crippen LogP contribution in [0.2, 0.25) is 0 Å². The van der Waals surface area contributed by atoms with E-state index in [0.717, 1.165) is 39.3 Å². The Bertz CT molecular complexity index is 461. The highest BCUT2D eigenvalue weighted by Gasteiger charge is 2.16. The number of hydrogen-bond acceptors (Lipinski definition) is 10. The number of hydrazine groups is 1. The van der Waals surface area contributed by atoms with Gasteiger partial charge in [-0.2, -0.15) is 0 Å². The summed E-state index contributed by atoms with van der Waals surface area (Å²) < 4.78 is 40.7. The molecule has 0 aromatic rings. The fraction of sp³-hybridized carbons (Fsp3) is 0.952. The minimum atomic E-state index is -1.17. The molecule has 0 radical (unpaired) electrons. The molecule has 1 aliphatic heterocycles. The Morgan fingerprint density at radius 2 is 1.27 bits per heavy atom. The van der Waals surface area contributed by atoms with Crippen LogP contribution >= 0.6 is 0 Å². The van der Waals surface area contributed by atoms with E-state index in [9.17, 15) is 9.18 Å². The number of alkyl halides is 1. The standard InChI is InChI=1S/C21H44FN5O6/c1-20(28)24-18-21(22)19-33-11-8-27-5-3-26(4-6-27)7-10-30-13-15-32-17-16-31-14-12-29-9-2-25-23/h21,25H,2-19,23H2,1H3,(H,24,28). The van der Waals surface area contributed by atoms with Crippen molar-refractivity contribution >= 4 is 5.91 Å². The monoisotopic (exact) mass is 481 g/mol. The van der Waals surface area contributed by atoms with E-state index in [-0.39, 0.29) is 19.1 Å². The lowest BCUT2D eigenvalue weighted by Crippen LogP contribution is -2.48. The molecule has 0 spiro atoms. The van der Waals surface area contributed by atoms with Gasteiger partial charge < -0.3 is 29.0 Å². The minimum Gasteiger partial charge on any atom is -0.378 e. The van der Waals surface area contributed by atoms with Crippen LogP contribution in [0.3, 0.4) is 0 Å². The molecule has 0 aliphatic carbocycles. The molecular weight excluding hydrogens is 437 g/mol. The molecule has 1 heterocycles. The summed E-state index contributed by atoms with van der Waals surface area (Å²) in [6, 6.07) is 0. The second kappa shape index (κ2) is 21.6. The number of hydrogen-bond donors (Lipinski definition) is 3. The second-order valence-electron chi connectivity index (χ2n) is 7.70.